The van der Waals surface area contributed by atoms with Crippen molar-refractivity contribution < 1.29 is 19.1 Å². The van der Waals surface area contributed by atoms with Gasteiger partial charge in [-0.3, -0.25) is 19.3 Å². The fourth-order valence-corrected chi connectivity index (χ4v) is 3.25. The van der Waals surface area contributed by atoms with E-state index in [9.17, 15) is 14.4 Å². The lowest BCUT2D eigenvalue weighted by molar-refractivity contribution is 0.0638. The second kappa shape index (κ2) is 8.80. The Balaban J connectivity index is 1.66. The van der Waals surface area contributed by atoms with Gasteiger partial charge in [0, 0.05) is 32.4 Å². The van der Waals surface area contributed by atoms with Crippen LogP contribution in [0.25, 0.3) is 0 Å². The van der Waals surface area contributed by atoms with Crippen LogP contribution in [-0.2, 0) is 4.74 Å². The lowest BCUT2D eigenvalue weighted by Gasteiger charge is -2.13. The van der Waals surface area contributed by atoms with Crippen molar-refractivity contribution in [3.8, 4) is 0 Å². The van der Waals surface area contributed by atoms with E-state index in [1.807, 2.05) is 37.3 Å². The van der Waals surface area contributed by atoms with E-state index in [1.165, 1.54) is 11.0 Å². The Hall–Kier alpha value is -2.99. The van der Waals surface area contributed by atoms with Crippen LogP contribution >= 0.6 is 0 Å². The molecule has 1 aliphatic rings. The van der Waals surface area contributed by atoms with Gasteiger partial charge in [-0.15, -0.1) is 0 Å². The summed E-state index contributed by atoms with van der Waals surface area (Å²) in [6.45, 7) is 3.30. The van der Waals surface area contributed by atoms with Crippen molar-refractivity contribution in [3.05, 3.63) is 70.8 Å². The van der Waals surface area contributed by atoms with Crippen molar-refractivity contribution in [2.75, 3.05) is 26.8 Å². The highest BCUT2D eigenvalue weighted by Gasteiger charge is 2.35. The van der Waals surface area contributed by atoms with Gasteiger partial charge in [-0.2, -0.15) is 0 Å². The van der Waals surface area contributed by atoms with Crippen LogP contribution in [0.15, 0.2) is 48.5 Å². The van der Waals surface area contributed by atoms with Crippen molar-refractivity contribution in [2.45, 2.75) is 19.3 Å². The zero-order chi connectivity index (χ0) is 20.1. The van der Waals surface area contributed by atoms with Crippen molar-refractivity contribution in [2.24, 2.45) is 0 Å². The van der Waals surface area contributed by atoms with Gasteiger partial charge in [0.1, 0.15) is 0 Å². The molecule has 0 saturated carbocycles. The molecule has 1 atom stereocenters. The first-order valence-corrected chi connectivity index (χ1v) is 9.35. The van der Waals surface area contributed by atoms with Crippen molar-refractivity contribution in [1.82, 2.24) is 10.2 Å². The number of carbonyl (C=O) groups is 3. The predicted octanol–water partition coefficient (Wildman–Crippen LogP) is 2.85. The summed E-state index contributed by atoms with van der Waals surface area (Å²) in [6, 6.07) is 14.6. The third-order valence-electron chi connectivity index (χ3n) is 4.90. The highest BCUT2D eigenvalue weighted by Crippen LogP contribution is 2.24. The van der Waals surface area contributed by atoms with Crippen LogP contribution in [0.4, 0.5) is 0 Å². The third kappa shape index (κ3) is 4.12. The zero-order valence-electron chi connectivity index (χ0n) is 16.1. The maximum absolute atomic E-state index is 12.6. The highest BCUT2D eigenvalue weighted by molar-refractivity contribution is 6.22. The molecule has 3 amide bonds. The number of nitrogens with one attached hydrogen (secondary N) is 1. The molecule has 0 saturated heterocycles. The topological polar surface area (TPSA) is 75.7 Å². The Bertz CT molecular complexity index is 879. The molecule has 0 bridgehead atoms. The maximum Gasteiger partial charge on any atom is 0.261 e. The lowest BCUT2D eigenvalue weighted by atomic mass is 10.0. The molecule has 0 spiro atoms. The molecule has 1 aliphatic heterocycles. The average Bonchev–Trinajstić information content (AvgIpc) is 2.96. The summed E-state index contributed by atoms with van der Waals surface area (Å²) in [6.07, 6.45) is 0.576. The Kier molecular flexibility index (Phi) is 6.21. The fraction of sp³-hybridized carbons (Fsp3) is 0.318. The second-order valence-corrected chi connectivity index (χ2v) is 6.89. The minimum Gasteiger partial charge on any atom is -0.385 e. The molecule has 6 heteroatoms. The number of methoxy groups -OCH3 is 1. The SMILES string of the molecule is COCCCN1C(=O)c2ccc(C(=O)NC[C@H](C)c3ccccc3)cc2C1=O. The van der Waals surface area contributed by atoms with Crippen molar-refractivity contribution >= 4 is 17.7 Å². The van der Waals surface area contributed by atoms with Gasteiger partial charge in [-0.1, -0.05) is 37.3 Å². The monoisotopic (exact) mass is 380 g/mol. The molecule has 2 aromatic carbocycles. The lowest BCUT2D eigenvalue weighted by Crippen LogP contribution is -2.31. The number of rotatable bonds is 8. The summed E-state index contributed by atoms with van der Waals surface area (Å²) in [5, 5.41) is 2.90. The molecule has 2 aromatic rings. The van der Waals surface area contributed by atoms with Crippen LogP contribution in [0.1, 0.15) is 55.9 Å². The van der Waals surface area contributed by atoms with E-state index in [2.05, 4.69) is 5.32 Å². The Morgan fingerprint density at radius 2 is 1.79 bits per heavy atom. The van der Waals surface area contributed by atoms with Gasteiger partial charge < -0.3 is 10.1 Å². The van der Waals surface area contributed by atoms with E-state index in [0.717, 1.165) is 5.56 Å². The number of fused-ring (bicyclic) bond motifs is 1. The number of hydrogen-bond donors (Lipinski definition) is 1. The van der Waals surface area contributed by atoms with Gasteiger partial charge in [0.2, 0.25) is 0 Å². The van der Waals surface area contributed by atoms with Crippen LogP contribution in [-0.4, -0.2) is 49.4 Å². The molecule has 1 heterocycles. The number of carbonyl (C=O) groups excluding carboxylic acids is 3. The number of hydrogen-bond acceptors (Lipinski definition) is 4. The quantitative estimate of drug-likeness (QED) is 0.564. The van der Waals surface area contributed by atoms with Gasteiger partial charge in [0.25, 0.3) is 17.7 Å². The second-order valence-electron chi connectivity index (χ2n) is 6.89. The number of nitrogens with zero attached hydrogens (tertiary/aromatic N) is 1. The van der Waals surface area contributed by atoms with Gasteiger partial charge in [0.15, 0.2) is 0 Å². The first-order chi connectivity index (χ1) is 13.5. The number of imide groups is 1. The molecule has 6 nitrogen and oxygen atoms in total. The molecule has 0 fully saturated rings. The average molecular weight is 380 g/mol. The molecule has 0 radical (unpaired) electrons. The van der Waals surface area contributed by atoms with Crippen LogP contribution in [0.5, 0.6) is 0 Å². The molecule has 28 heavy (non-hydrogen) atoms. The van der Waals surface area contributed by atoms with Crippen LogP contribution < -0.4 is 5.32 Å². The van der Waals surface area contributed by atoms with Gasteiger partial charge in [-0.05, 0) is 36.1 Å². The summed E-state index contributed by atoms with van der Waals surface area (Å²) in [5.41, 5.74) is 2.14. The molecular formula is C22H24N2O4. The Morgan fingerprint density at radius 3 is 2.50 bits per heavy atom. The van der Waals surface area contributed by atoms with E-state index < -0.39 is 0 Å². The van der Waals surface area contributed by atoms with E-state index in [-0.39, 0.29) is 29.2 Å². The molecule has 146 valence electrons. The summed E-state index contributed by atoms with van der Waals surface area (Å²) in [4.78, 5) is 38.7. The van der Waals surface area contributed by atoms with E-state index in [0.29, 0.717) is 37.2 Å². The molecule has 0 unspecified atom stereocenters. The zero-order valence-corrected chi connectivity index (χ0v) is 16.1. The smallest absolute Gasteiger partial charge is 0.261 e. The van der Waals surface area contributed by atoms with Crippen LogP contribution in [0.2, 0.25) is 0 Å². The van der Waals surface area contributed by atoms with Crippen molar-refractivity contribution in [1.29, 1.82) is 0 Å². The summed E-state index contributed by atoms with van der Waals surface area (Å²) in [5.74, 6) is -0.771. The minimum atomic E-state index is -0.358. The molecular weight excluding hydrogens is 356 g/mol. The molecule has 0 aliphatic carbocycles. The fourth-order valence-electron chi connectivity index (χ4n) is 3.25. The normalized spacial score (nSPS) is 14.1. The summed E-state index contributed by atoms with van der Waals surface area (Å²) >= 11 is 0. The van der Waals surface area contributed by atoms with Gasteiger partial charge in [-0.25, -0.2) is 0 Å². The standard InChI is InChI=1S/C22H24N2O4/c1-15(16-7-4-3-5-8-16)14-23-20(25)17-9-10-18-19(13-17)22(27)24(21(18)26)11-6-12-28-2/h3-5,7-10,13,15H,6,11-12,14H2,1-2H3,(H,23,25)/t15-/m0/s1. The van der Waals surface area contributed by atoms with Crippen LogP contribution in [0, 0.1) is 0 Å². The van der Waals surface area contributed by atoms with E-state index in [1.54, 1.807) is 19.2 Å². The molecule has 3 rings (SSSR count). The summed E-state index contributed by atoms with van der Waals surface area (Å²) in [7, 11) is 1.58. The van der Waals surface area contributed by atoms with E-state index in [4.69, 9.17) is 4.74 Å². The van der Waals surface area contributed by atoms with Gasteiger partial charge >= 0.3 is 0 Å². The number of benzene rings is 2. The van der Waals surface area contributed by atoms with E-state index >= 15 is 0 Å². The largest absolute Gasteiger partial charge is 0.385 e. The Morgan fingerprint density at radius 1 is 1.07 bits per heavy atom. The van der Waals surface area contributed by atoms with Crippen molar-refractivity contribution in [3.63, 3.8) is 0 Å². The predicted molar refractivity (Wildman–Crippen MR) is 105 cm³/mol. The number of amides is 3. The molecule has 0 aromatic heterocycles. The first-order valence-electron chi connectivity index (χ1n) is 9.35. The maximum atomic E-state index is 12.6. The minimum absolute atomic E-state index is 0.166. The first kappa shape index (κ1) is 19.8. The molecule has 1 N–H and O–H groups in total. The summed E-state index contributed by atoms with van der Waals surface area (Å²) < 4.78 is 4.98. The van der Waals surface area contributed by atoms with Crippen LogP contribution in [0.3, 0.4) is 0 Å². The van der Waals surface area contributed by atoms with Gasteiger partial charge in [0.05, 0.1) is 11.1 Å². The highest BCUT2D eigenvalue weighted by atomic mass is 16.5. The Labute approximate surface area is 164 Å². The third-order valence-corrected chi connectivity index (χ3v) is 4.90. The number of ether oxygens (including phenoxy) is 1.